The van der Waals surface area contributed by atoms with Gasteiger partial charge in [-0.15, -0.1) is 0 Å². The Morgan fingerprint density at radius 3 is 2.65 bits per heavy atom. The maximum absolute atomic E-state index is 9.63. The highest BCUT2D eigenvalue weighted by molar-refractivity contribution is 5.39. The fourth-order valence-corrected chi connectivity index (χ4v) is 1.73. The molecule has 1 aromatic rings. The zero-order valence-electron chi connectivity index (χ0n) is 9.45. The van der Waals surface area contributed by atoms with E-state index in [-0.39, 0.29) is 13.0 Å². The van der Waals surface area contributed by atoms with Gasteiger partial charge in [0.15, 0.2) is 6.29 Å². The molecule has 0 radical (unpaired) electrons. The molecule has 2 rings (SSSR count). The highest BCUT2D eigenvalue weighted by atomic mass is 16.7. The number of ether oxygens (including phenoxy) is 2. The van der Waals surface area contributed by atoms with Crippen molar-refractivity contribution in [1.82, 2.24) is 0 Å². The van der Waals surface area contributed by atoms with Crippen LogP contribution in [0.15, 0.2) is 24.3 Å². The summed E-state index contributed by atoms with van der Waals surface area (Å²) in [7, 11) is 0. The topological polar surface area (TPSA) is 84.9 Å². The molecule has 1 aliphatic heterocycles. The number of aliphatic hydroxyl groups excluding tert-OH is 2. The van der Waals surface area contributed by atoms with Gasteiger partial charge in [0.05, 0.1) is 19.3 Å². The summed E-state index contributed by atoms with van der Waals surface area (Å²) in [6.45, 7) is 0.543. The molecule has 1 unspecified atom stereocenters. The van der Waals surface area contributed by atoms with Crippen molar-refractivity contribution in [3.8, 4) is 0 Å². The van der Waals surface area contributed by atoms with E-state index in [4.69, 9.17) is 15.2 Å². The molecule has 1 saturated heterocycles. The maximum atomic E-state index is 9.63. The lowest BCUT2D eigenvalue weighted by Crippen LogP contribution is -2.42. The van der Waals surface area contributed by atoms with E-state index >= 15 is 0 Å². The molecule has 5 heteroatoms. The van der Waals surface area contributed by atoms with Gasteiger partial charge in [-0.3, -0.25) is 0 Å². The van der Waals surface area contributed by atoms with Crippen LogP contribution in [-0.2, 0) is 16.1 Å². The Bertz CT molecular complexity index is 354. The minimum atomic E-state index is -0.785. The standard InChI is InChI=1S/C12H17NO4/c13-9-3-1-8(2-4-9)6-16-12-11(15)5-10(14)7-17-12/h1-4,10-12,14-15H,5-7,13H2/t10-,11?,12-/m0/s1. The predicted octanol–water partition coefficient (Wildman–Crippen LogP) is 0.254. The molecule has 17 heavy (non-hydrogen) atoms. The van der Waals surface area contributed by atoms with Gasteiger partial charge >= 0.3 is 0 Å². The third-order valence-electron chi connectivity index (χ3n) is 2.67. The average Bonchev–Trinajstić information content (AvgIpc) is 2.30. The molecule has 0 bridgehead atoms. The summed E-state index contributed by atoms with van der Waals surface area (Å²) in [5.41, 5.74) is 7.23. The molecular formula is C12H17NO4. The fourth-order valence-electron chi connectivity index (χ4n) is 1.73. The van der Waals surface area contributed by atoms with Crippen molar-refractivity contribution in [3.63, 3.8) is 0 Å². The second kappa shape index (κ2) is 5.46. The third-order valence-corrected chi connectivity index (χ3v) is 2.67. The van der Waals surface area contributed by atoms with E-state index in [2.05, 4.69) is 0 Å². The predicted molar refractivity (Wildman–Crippen MR) is 62.0 cm³/mol. The number of benzene rings is 1. The van der Waals surface area contributed by atoms with Gasteiger partial charge in [-0.2, -0.15) is 0 Å². The van der Waals surface area contributed by atoms with Crippen molar-refractivity contribution in [2.75, 3.05) is 12.3 Å². The normalized spacial score (nSPS) is 29.2. The van der Waals surface area contributed by atoms with Crippen molar-refractivity contribution in [2.24, 2.45) is 0 Å². The molecule has 0 aromatic heterocycles. The SMILES string of the molecule is Nc1ccc(CO[C@H]2OC[C@@H](O)CC2O)cc1. The van der Waals surface area contributed by atoms with Gasteiger partial charge in [-0.1, -0.05) is 12.1 Å². The first-order valence-electron chi connectivity index (χ1n) is 5.59. The molecule has 1 fully saturated rings. The van der Waals surface area contributed by atoms with Crippen LogP contribution in [0.2, 0.25) is 0 Å². The number of nitrogen functional groups attached to an aromatic ring is 1. The number of hydrogen-bond donors (Lipinski definition) is 3. The molecule has 0 spiro atoms. The summed E-state index contributed by atoms with van der Waals surface area (Å²) in [6.07, 6.45) is -1.78. The van der Waals surface area contributed by atoms with E-state index in [0.717, 1.165) is 5.56 Å². The smallest absolute Gasteiger partial charge is 0.184 e. The monoisotopic (exact) mass is 239 g/mol. The van der Waals surface area contributed by atoms with E-state index in [1.807, 2.05) is 12.1 Å². The van der Waals surface area contributed by atoms with Gasteiger partial charge in [0.1, 0.15) is 6.10 Å². The molecule has 1 aliphatic rings. The van der Waals surface area contributed by atoms with Crippen LogP contribution in [-0.4, -0.2) is 35.3 Å². The van der Waals surface area contributed by atoms with Gasteiger partial charge < -0.3 is 25.4 Å². The van der Waals surface area contributed by atoms with E-state index in [9.17, 15) is 10.2 Å². The first-order valence-corrected chi connectivity index (χ1v) is 5.59. The molecule has 94 valence electrons. The summed E-state index contributed by atoms with van der Waals surface area (Å²) in [6, 6.07) is 7.31. The Morgan fingerprint density at radius 1 is 1.29 bits per heavy atom. The van der Waals surface area contributed by atoms with E-state index in [0.29, 0.717) is 12.3 Å². The summed E-state index contributed by atoms with van der Waals surface area (Å²) < 4.78 is 10.6. The zero-order chi connectivity index (χ0) is 12.3. The lowest BCUT2D eigenvalue weighted by molar-refractivity contribution is -0.240. The van der Waals surface area contributed by atoms with Crippen LogP contribution in [0, 0.1) is 0 Å². The number of hydrogen-bond acceptors (Lipinski definition) is 5. The Hall–Kier alpha value is -1.14. The lowest BCUT2D eigenvalue weighted by atomic mass is 10.1. The van der Waals surface area contributed by atoms with Gasteiger partial charge in [-0.05, 0) is 17.7 Å². The number of rotatable bonds is 3. The van der Waals surface area contributed by atoms with Gasteiger partial charge in [0, 0.05) is 12.1 Å². The minimum absolute atomic E-state index is 0.198. The van der Waals surface area contributed by atoms with Crippen LogP contribution in [0.25, 0.3) is 0 Å². The summed E-state index contributed by atoms with van der Waals surface area (Å²) in [5.74, 6) is 0. The quantitative estimate of drug-likeness (QED) is 0.658. The second-order valence-corrected chi connectivity index (χ2v) is 4.21. The molecule has 4 N–H and O–H groups in total. The highest BCUT2D eigenvalue weighted by Gasteiger charge is 2.29. The van der Waals surface area contributed by atoms with Crippen molar-refractivity contribution in [3.05, 3.63) is 29.8 Å². The van der Waals surface area contributed by atoms with Gasteiger partial charge in [0.2, 0.25) is 0 Å². The molecule has 1 aromatic carbocycles. The maximum Gasteiger partial charge on any atom is 0.184 e. The van der Waals surface area contributed by atoms with Crippen LogP contribution >= 0.6 is 0 Å². The third kappa shape index (κ3) is 3.41. The van der Waals surface area contributed by atoms with E-state index < -0.39 is 18.5 Å². The fraction of sp³-hybridized carbons (Fsp3) is 0.500. The average molecular weight is 239 g/mol. The molecule has 0 aliphatic carbocycles. The van der Waals surface area contributed by atoms with E-state index in [1.165, 1.54) is 0 Å². The first kappa shape index (κ1) is 12.3. The van der Waals surface area contributed by atoms with Gasteiger partial charge in [-0.25, -0.2) is 0 Å². The van der Waals surface area contributed by atoms with E-state index in [1.54, 1.807) is 12.1 Å². The van der Waals surface area contributed by atoms with Crippen LogP contribution in [0.5, 0.6) is 0 Å². The number of aliphatic hydroxyl groups is 2. The van der Waals surface area contributed by atoms with Crippen LogP contribution < -0.4 is 5.73 Å². The van der Waals surface area contributed by atoms with Crippen molar-refractivity contribution >= 4 is 5.69 Å². The Labute approximate surface area is 99.8 Å². The molecule has 5 nitrogen and oxygen atoms in total. The number of nitrogens with two attached hydrogens (primary N) is 1. The van der Waals surface area contributed by atoms with Gasteiger partial charge in [0.25, 0.3) is 0 Å². The molecule has 0 saturated carbocycles. The Morgan fingerprint density at radius 2 is 2.00 bits per heavy atom. The highest BCUT2D eigenvalue weighted by Crippen LogP contribution is 2.17. The Kier molecular flexibility index (Phi) is 3.96. The zero-order valence-corrected chi connectivity index (χ0v) is 9.45. The summed E-state index contributed by atoms with van der Waals surface area (Å²) >= 11 is 0. The van der Waals surface area contributed by atoms with Crippen molar-refractivity contribution in [2.45, 2.75) is 31.5 Å². The van der Waals surface area contributed by atoms with Crippen LogP contribution in [0.3, 0.4) is 0 Å². The second-order valence-electron chi connectivity index (χ2n) is 4.21. The summed E-state index contributed by atoms with van der Waals surface area (Å²) in [4.78, 5) is 0. The summed E-state index contributed by atoms with van der Waals surface area (Å²) in [5, 5.41) is 18.9. The first-order chi connectivity index (χ1) is 8.15. The van der Waals surface area contributed by atoms with Crippen LogP contribution in [0.4, 0.5) is 5.69 Å². The molecule has 1 heterocycles. The minimum Gasteiger partial charge on any atom is -0.399 e. The Balaban J connectivity index is 1.83. The van der Waals surface area contributed by atoms with Crippen molar-refractivity contribution in [1.29, 1.82) is 0 Å². The molecule has 3 atom stereocenters. The van der Waals surface area contributed by atoms with Crippen molar-refractivity contribution < 1.29 is 19.7 Å². The number of anilines is 1. The largest absolute Gasteiger partial charge is 0.399 e. The molecular weight excluding hydrogens is 222 g/mol. The molecule has 0 amide bonds. The van der Waals surface area contributed by atoms with Crippen LogP contribution in [0.1, 0.15) is 12.0 Å². The lowest BCUT2D eigenvalue weighted by Gasteiger charge is -2.30.